The zero-order chi connectivity index (χ0) is 3.58. The summed E-state index contributed by atoms with van der Waals surface area (Å²) in [5.41, 5.74) is 0. The maximum absolute atomic E-state index is 8.56. The van der Waals surface area contributed by atoms with E-state index in [4.69, 9.17) is 15.0 Å². The van der Waals surface area contributed by atoms with E-state index in [2.05, 4.69) is 0 Å². The van der Waals surface area contributed by atoms with E-state index in [0.29, 0.717) is 0 Å². The minimum atomic E-state index is -1.83. The molecule has 0 unspecified atom stereocenters. The molecule has 0 aromatic rings. The first-order valence-electron chi connectivity index (χ1n) is 0.651. The molecule has 7 heavy (non-hydrogen) atoms. The molecule has 36 valence electrons. The molecule has 0 spiro atoms. The summed E-state index contributed by atoms with van der Waals surface area (Å²) < 4.78 is 0. The molecule has 0 rings (SSSR count). The van der Waals surface area contributed by atoms with Crippen molar-refractivity contribution in [3.63, 3.8) is 0 Å². The van der Waals surface area contributed by atoms with Gasteiger partial charge in [0, 0.05) is 0 Å². The summed E-state index contributed by atoms with van der Waals surface area (Å²) in [6.07, 6.45) is -1.83. The van der Waals surface area contributed by atoms with Crippen molar-refractivity contribution in [2.45, 2.75) is 0 Å². The normalized spacial score (nSPS) is 3.43. The molecule has 0 saturated heterocycles. The van der Waals surface area contributed by atoms with E-state index in [0.717, 1.165) is 0 Å². The zero-order valence-electron chi connectivity index (χ0n) is 2.21. The van der Waals surface area contributed by atoms with Crippen molar-refractivity contribution in [1.82, 2.24) is 0 Å². The van der Waals surface area contributed by atoms with Crippen LogP contribution in [0.1, 0.15) is 0 Å². The van der Waals surface area contributed by atoms with Gasteiger partial charge in [-0.25, -0.2) is 4.79 Å². The van der Waals surface area contributed by atoms with Crippen LogP contribution in [0.5, 0.6) is 0 Å². The average molecular weight is 159 g/mol. The van der Waals surface area contributed by atoms with Crippen LogP contribution in [-0.4, -0.2) is 54.1 Å². The number of rotatable bonds is 0. The minimum absolute atomic E-state index is 0. The van der Waals surface area contributed by atoms with Crippen LogP contribution in [0.4, 0.5) is 4.79 Å². The molecular weight excluding hydrogens is 154 g/mol. The van der Waals surface area contributed by atoms with Crippen molar-refractivity contribution in [2.75, 3.05) is 0 Å². The van der Waals surface area contributed by atoms with Crippen molar-refractivity contribution in [3.8, 4) is 0 Å². The molecule has 6 heteroatoms. The second kappa shape index (κ2) is 15.8. The SMILES string of the molecule is Br.O=C(O)O.[LiH].[LiH]. The van der Waals surface area contributed by atoms with Crippen molar-refractivity contribution in [3.05, 3.63) is 0 Å². The molecule has 3 nitrogen and oxygen atoms in total. The van der Waals surface area contributed by atoms with E-state index in [9.17, 15) is 0 Å². The molecule has 0 aliphatic heterocycles. The number of carboxylic acid groups (broad SMARTS) is 2. The van der Waals surface area contributed by atoms with E-state index in [-0.39, 0.29) is 54.7 Å². The molecule has 2 N–H and O–H groups in total. The fourth-order valence-electron chi connectivity index (χ4n) is 0. The summed E-state index contributed by atoms with van der Waals surface area (Å²) in [6, 6.07) is 0. The van der Waals surface area contributed by atoms with Crippen molar-refractivity contribution in [1.29, 1.82) is 0 Å². The number of hydrogen-bond acceptors (Lipinski definition) is 1. The first-order valence-corrected chi connectivity index (χ1v) is 0.651. The summed E-state index contributed by atoms with van der Waals surface area (Å²) in [4.78, 5) is 8.56. The quantitative estimate of drug-likeness (QED) is 0.468. The Morgan fingerprint density at radius 2 is 1.14 bits per heavy atom. The molecule has 0 aromatic carbocycles. The van der Waals surface area contributed by atoms with Gasteiger partial charge in [-0.1, -0.05) is 0 Å². The van der Waals surface area contributed by atoms with Gasteiger partial charge in [-0.3, -0.25) is 0 Å². The van der Waals surface area contributed by atoms with Gasteiger partial charge in [0.05, 0.1) is 0 Å². The Kier molecular flexibility index (Phi) is 55.5. The number of hydrogen-bond donors (Lipinski definition) is 2. The van der Waals surface area contributed by atoms with Crippen LogP contribution in [0.3, 0.4) is 0 Å². The Hall–Kier alpha value is 0.945. The third-order valence-corrected chi connectivity index (χ3v) is 0. The van der Waals surface area contributed by atoms with Crippen LogP contribution in [0.15, 0.2) is 0 Å². The molecular formula is CH5BrLi2O3. The fourth-order valence-corrected chi connectivity index (χ4v) is 0. The van der Waals surface area contributed by atoms with Crippen LogP contribution in [0.25, 0.3) is 0 Å². The van der Waals surface area contributed by atoms with Gasteiger partial charge in [0.15, 0.2) is 0 Å². The summed E-state index contributed by atoms with van der Waals surface area (Å²) in [5, 5.41) is 13.9. The monoisotopic (exact) mass is 158 g/mol. The Labute approximate surface area is 75.6 Å². The zero-order valence-corrected chi connectivity index (χ0v) is 3.92. The second-order valence-corrected chi connectivity index (χ2v) is 0.283. The Morgan fingerprint density at radius 3 is 1.14 bits per heavy atom. The Balaban J connectivity index is -0.0000000150. The third-order valence-electron chi connectivity index (χ3n) is 0. The molecule has 0 aliphatic rings. The second-order valence-electron chi connectivity index (χ2n) is 0.283. The summed E-state index contributed by atoms with van der Waals surface area (Å²) in [7, 11) is 0. The average Bonchev–Trinajstić information content (AvgIpc) is 0.811. The summed E-state index contributed by atoms with van der Waals surface area (Å²) in [5.74, 6) is 0. The van der Waals surface area contributed by atoms with Gasteiger partial charge in [-0.2, -0.15) is 0 Å². The fraction of sp³-hybridized carbons (Fsp3) is 0. The summed E-state index contributed by atoms with van der Waals surface area (Å²) >= 11 is 0. The molecule has 0 saturated carbocycles. The van der Waals surface area contributed by atoms with Crippen LogP contribution in [0, 0.1) is 0 Å². The molecule has 0 bridgehead atoms. The Bertz CT molecular complexity index is 35.9. The molecule has 0 aromatic heterocycles. The van der Waals surface area contributed by atoms with Gasteiger partial charge >= 0.3 is 43.9 Å². The molecule has 0 radical (unpaired) electrons. The van der Waals surface area contributed by atoms with Gasteiger partial charge in [-0.15, -0.1) is 17.0 Å². The predicted molar refractivity (Wildman–Crippen MR) is 35.3 cm³/mol. The van der Waals surface area contributed by atoms with Gasteiger partial charge in [0.2, 0.25) is 0 Å². The predicted octanol–water partition coefficient (Wildman–Crippen LogP) is -0.497. The van der Waals surface area contributed by atoms with Crippen LogP contribution in [0.2, 0.25) is 0 Å². The van der Waals surface area contributed by atoms with Crippen molar-refractivity contribution < 1.29 is 15.0 Å². The van der Waals surface area contributed by atoms with E-state index < -0.39 is 6.16 Å². The van der Waals surface area contributed by atoms with Crippen LogP contribution < -0.4 is 0 Å². The summed E-state index contributed by atoms with van der Waals surface area (Å²) in [6.45, 7) is 0. The van der Waals surface area contributed by atoms with Gasteiger partial charge in [0.1, 0.15) is 0 Å². The first-order chi connectivity index (χ1) is 1.73. The molecule has 0 heterocycles. The molecule has 0 atom stereocenters. The third kappa shape index (κ3) is 190. The molecule has 0 amide bonds. The van der Waals surface area contributed by atoms with Crippen LogP contribution >= 0.6 is 17.0 Å². The topological polar surface area (TPSA) is 57.5 Å². The Morgan fingerprint density at radius 1 is 1.14 bits per heavy atom. The van der Waals surface area contributed by atoms with Crippen LogP contribution in [-0.2, 0) is 0 Å². The molecule has 0 aliphatic carbocycles. The van der Waals surface area contributed by atoms with Crippen molar-refractivity contribution >= 4 is 60.9 Å². The van der Waals surface area contributed by atoms with Gasteiger partial charge in [0.25, 0.3) is 0 Å². The molecule has 0 fully saturated rings. The van der Waals surface area contributed by atoms with Crippen molar-refractivity contribution in [2.24, 2.45) is 0 Å². The number of carbonyl (C=O) groups is 1. The van der Waals surface area contributed by atoms with E-state index in [1.165, 1.54) is 0 Å². The van der Waals surface area contributed by atoms with Gasteiger partial charge < -0.3 is 10.2 Å². The standard InChI is InChI=1S/CH2O3.BrH.2Li.2H/c2-1(3)4;;;;;/h(H2,2,3,4);1H;;;;. The van der Waals surface area contributed by atoms with E-state index in [1.807, 2.05) is 0 Å². The first kappa shape index (κ1) is 24.6. The maximum atomic E-state index is 8.56. The van der Waals surface area contributed by atoms with E-state index >= 15 is 0 Å². The van der Waals surface area contributed by atoms with Gasteiger partial charge in [-0.05, 0) is 0 Å². The number of halogens is 1. The van der Waals surface area contributed by atoms with E-state index in [1.54, 1.807) is 0 Å².